The molecule has 6 nitrogen and oxygen atoms in total. The molecular formula is C12H12O6. The number of esters is 1. The molecule has 0 saturated heterocycles. The fourth-order valence-electron chi connectivity index (χ4n) is 1.25. The Bertz CT molecular complexity index is 439. The van der Waals surface area contributed by atoms with E-state index < -0.39 is 36.9 Å². The number of carboxylic acids is 1. The van der Waals surface area contributed by atoms with E-state index in [4.69, 9.17) is 14.9 Å². The van der Waals surface area contributed by atoms with Crippen LogP contribution in [0.3, 0.4) is 0 Å². The van der Waals surface area contributed by atoms with E-state index in [-0.39, 0.29) is 5.56 Å². The van der Waals surface area contributed by atoms with Gasteiger partial charge >= 0.3 is 11.9 Å². The fourth-order valence-corrected chi connectivity index (χ4v) is 1.25. The number of benzene rings is 1. The van der Waals surface area contributed by atoms with Crippen LogP contribution in [0.15, 0.2) is 30.3 Å². The summed E-state index contributed by atoms with van der Waals surface area (Å²) in [7, 11) is 0. The number of hydrogen-bond acceptors (Lipinski definition) is 5. The third-order valence-corrected chi connectivity index (χ3v) is 2.13. The summed E-state index contributed by atoms with van der Waals surface area (Å²) in [4.78, 5) is 33.4. The van der Waals surface area contributed by atoms with Crippen LogP contribution in [0.5, 0.6) is 0 Å². The Morgan fingerprint density at radius 3 is 2.28 bits per heavy atom. The van der Waals surface area contributed by atoms with Crippen LogP contribution in [0.1, 0.15) is 16.8 Å². The van der Waals surface area contributed by atoms with Gasteiger partial charge in [0.15, 0.2) is 11.9 Å². The lowest BCUT2D eigenvalue weighted by Crippen LogP contribution is -2.31. The summed E-state index contributed by atoms with van der Waals surface area (Å²) in [5.74, 6) is -2.94. The molecule has 0 fully saturated rings. The zero-order chi connectivity index (χ0) is 13.5. The lowest BCUT2D eigenvalue weighted by atomic mass is 10.1. The highest BCUT2D eigenvalue weighted by atomic mass is 16.5. The van der Waals surface area contributed by atoms with Gasteiger partial charge in [-0.1, -0.05) is 18.2 Å². The van der Waals surface area contributed by atoms with Crippen molar-refractivity contribution in [3.05, 3.63) is 35.9 Å². The molecule has 1 aromatic rings. The van der Waals surface area contributed by atoms with Crippen molar-refractivity contribution in [3.8, 4) is 0 Å². The summed E-state index contributed by atoms with van der Waals surface area (Å²) >= 11 is 0. The Morgan fingerprint density at radius 1 is 1.17 bits per heavy atom. The van der Waals surface area contributed by atoms with E-state index >= 15 is 0 Å². The molecule has 0 aliphatic heterocycles. The second-order valence-electron chi connectivity index (χ2n) is 3.48. The molecule has 0 saturated carbocycles. The Morgan fingerprint density at radius 2 is 1.78 bits per heavy atom. The number of Topliss-reactive ketones (excluding diaryl/α,β-unsaturated/α-hetero) is 1. The number of hydrogen-bond donors (Lipinski definition) is 2. The minimum Gasteiger partial charge on any atom is -0.481 e. The number of aliphatic hydroxyl groups excluding tert-OH is 1. The number of aliphatic hydroxyl groups is 1. The quantitative estimate of drug-likeness (QED) is 0.704. The van der Waals surface area contributed by atoms with Crippen LogP contribution >= 0.6 is 0 Å². The van der Waals surface area contributed by atoms with Crippen LogP contribution in [0.4, 0.5) is 0 Å². The molecule has 0 aliphatic carbocycles. The first-order valence-corrected chi connectivity index (χ1v) is 5.16. The average Bonchev–Trinajstić information content (AvgIpc) is 2.37. The Balaban J connectivity index is 2.74. The third kappa shape index (κ3) is 3.99. The first kappa shape index (κ1) is 13.9. The first-order valence-electron chi connectivity index (χ1n) is 5.16. The van der Waals surface area contributed by atoms with Crippen molar-refractivity contribution >= 4 is 17.7 Å². The summed E-state index contributed by atoms with van der Waals surface area (Å²) in [6.45, 7) is -0.875. The highest BCUT2D eigenvalue weighted by molar-refractivity contribution is 5.94. The summed E-state index contributed by atoms with van der Waals surface area (Å²) in [6.07, 6.45) is -2.14. The van der Waals surface area contributed by atoms with E-state index in [1.165, 1.54) is 12.1 Å². The van der Waals surface area contributed by atoms with Gasteiger partial charge in [0.25, 0.3) is 0 Å². The number of ketones is 1. The molecular weight excluding hydrogens is 240 g/mol. The van der Waals surface area contributed by atoms with Crippen LogP contribution in [-0.2, 0) is 14.3 Å². The molecule has 0 unspecified atom stereocenters. The predicted octanol–water partition coefficient (Wildman–Crippen LogP) is 0.248. The van der Waals surface area contributed by atoms with E-state index in [1.807, 2.05) is 0 Å². The van der Waals surface area contributed by atoms with E-state index in [0.29, 0.717) is 0 Å². The number of carbonyl (C=O) groups is 3. The molecule has 0 radical (unpaired) electrons. The van der Waals surface area contributed by atoms with E-state index in [9.17, 15) is 14.4 Å². The molecule has 1 aromatic carbocycles. The number of carbonyl (C=O) groups excluding carboxylic acids is 2. The van der Waals surface area contributed by atoms with Crippen molar-refractivity contribution in [1.29, 1.82) is 0 Å². The lowest BCUT2D eigenvalue weighted by Gasteiger charge is -2.13. The van der Waals surface area contributed by atoms with Crippen molar-refractivity contribution in [2.45, 2.75) is 12.5 Å². The fraction of sp³-hybridized carbons (Fsp3) is 0.250. The molecule has 1 rings (SSSR count). The van der Waals surface area contributed by atoms with Gasteiger partial charge < -0.3 is 14.9 Å². The number of aliphatic carboxylic acids is 1. The molecule has 0 spiro atoms. The van der Waals surface area contributed by atoms with Crippen molar-refractivity contribution in [2.75, 3.05) is 6.61 Å². The van der Waals surface area contributed by atoms with Gasteiger partial charge in [0.1, 0.15) is 6.61 Å². The third-order valence-electron chi connectivity index (χ3n) is 2.13. The molecule has 0 amide bonds. The zero-order valence-electron chi connectivity index (χ0n) is 9.41. The molecule has 6 heteroatoms. The highest BCUT2D eigenvalue weighted by Gasteiger charge is 2.25. The number of rotatable bonds is 6. The minimum atomic E-state index is -1.47. The van der Waals surface area contributed by atoms with Crippen molar-refractivity contribution in [1.82, 2.24) is 0 Å². The molecule has 2 N–H and O–H groups in total. The van der Waals surface area contributed by atoms with Crippen molar-refractivity contribution < 1.29 is 29.3 Å². The van der Waals surface area contributed by atoms with E-state index in [0.717, 1.165) is 0 Å². The number of carboxylic acid groups (broad SMARTS) is 1. The van der Waals surface area contributed by atoms with Gasteiger partial charge in [-0.3, -0.25) is 9.59 Å². The topological polar surface area (TPSA) is 101 Å². The maximum atomic E-state index is 11.6. The molecule has 0 bridgehead atoms. The smallest absolute Gasteiger partial charge is 0.338 e. The van der Waals surface area contributed by atoms with Gasteiger partial charge in [-0.15, -0.1) is 0 Å². The molecule has 1 atom stereocenters. The van der Waals surface area contributed by atoms with Gasteiger partial charge in [-0.2, -0.15) is 0 Å². The molecule has 96 valence electrons. The Labute approximate surface area is 103 Å². The Hall–Kier alpha value is -2.21. The molecule has 0 heterocycles. The standard InChI is InChI=1S/C12H12O6/c13-7-9(14)10(6-11(15)16)18-12(17)8-4-2-1-3-5-8/h1-5,10,13H,6-7H2,(H,15,16)/t10-/m0/s1. The van der Waals surface area contributed by atoms with E-state index in [2.05, 4.69) is 0 Å². The second kappa shape index (κ2) is 6.51. The predicted molar refractivity (Wildman–Crippen MR) is 60.0 cm³/mol. The van der Waals surface area contributed by atoms with Gasteiger partial charge in [-0.05, 0) is 12.1 Å². The molecule has 0 aromatic heterocycles. The van der Waals surface area contributed by atoms with Gasteiger partial charge in [0, 0.05) is 0 Å². The van der Waals surface area contributed by atoms with Crippen LogP contribution in [0.25, 0.3) is 0 Å². The summed E-state index contributed by atoms with van der Waals surface area (Å²) < 4.78 is 4.77. The maximum Gasteiger partial charge on any atom is 0.338 e. The van der Waals surface area contributed by atoms with Crippen LogP contribution in [-0.4, -0.2) is 40.6 Å². The summed E-state index contributed by atoms with van der Waals surface area (Å²) in [6, 6.07) is 7.87. The van der Waals surface area contributed by atoms with Crippen molar-refractivity contribution in [3.63, 3.8) is 0 Å². The second-order valence-corrected chi connectivity index (χ2v) is 3.48. The van der Waals surface area contributed by atoms with Gasteiger partial charge in [0.05, 0.1) is 12.0 Å². The maximum absolute atomic E-state index is 11.6. The zero-order valence-corrected chi connectivity index (χ0v) is 9.41. The van der Waals surface area contributed by atoms with E-state index in [1.54, 1.807) is 18.2 Å². The van der Waals surface area contributed by atoms with Crippen LogP contribution in [0, 0.1) is 0 Å². The monoisotopic (exact) mass is 252 g/mol. The first-order chi connectivity index (χ1) is 8.54. The molecule has 0 aliphatic rings. The molecule has 18 heavy (non-hydrogen) atoms. The SMILES string of the molecule is O=C(O)C[C@H](OC(=O)c1ccccc1)C(=O)CO. The average molecular weight is 252 g/mol. The van der Waals surface area contributed by atoms with Gasteiger partial charge in [-0.25, -0.2) is 4.79 Å². The highest BCUT2D eigenvalue weighted by Crippen LogP contribution is 2.07. The summed E-state index contributed by atoms with van der Waals surface area (Å²) in [5, 5.41) is 17.3. The van der Waals surface area contributed by atoms with Crippen LogP contribution in [0.2, 0.25) is 0 Å². The number of ether oxygens (including phenoxy) is 1. The van der Waals surface area contributed by atoms with Gasteiger partial charge in [0.2, 0.25) is 0 Å². The summed E-state index contributed by atoms with van der Waals surface area (Å²) in [5.41, 5.74) is 0.207. The van der Waals surface area contributed by atoms with Crippen LogP contribution < -0.4 is 0 Å². The Kier molecular flexibility index (Phi) is 5.01. The largest absolute Gasteiger partial charge is 0.481 e. The normalized spacial score (nSPS) is 11.6. The van der Waals surface area contributed by atoms with Crippen molar-refractivity contribution in [2.24, 2.45) is 0 Å². The lowest BCUT2D eigenvalue weighted by molar-refractivity contribution is -0.144. The minimum absolute atomic E-state index is 0.207.